The minimum atomic E-state index is -5.53. The standard InChI is InChI=1S/C52H42N4O17S4.CH2O3.6Li/c1-25-16-27(3)48(55-74(63,64)35-11-9-10-31(19-35)50(57)58)29(5)46(25)53-34-14-15-37-41(22-34)73-42-24-40(44(77(70,71)72)23-39(42)45(37)38-12-7-8-13-43(38)76(67,68)69)54-47-26(2)17-28(4)49(30(47)6)56-75(65,66)36-20-32(51(59)60)18-33(21-36)52(61)62;2-1-4-3;;;;;;/h7-8,10-13,15-24,53,55-56H,1-6H3,(H,57,58)(H,59,60)(H,61,62)(H,67,68,69)(H,70,71,72);1,3H;;;;;;/q-2;;6*+1/p-6. The van der Waals surface area contributed by atoms with E-state index in [2.05, 4.69) is 36.8 Å². The molecule has 6 aromatic carbocycles. The van der Waals surface area contributed by atoms with Gasteiger partial charge in [0.1, 0.15) is 26.0 Å². The van der Waals surface area contributed by atoms with E-state index in [9.17, 15) is 72.5 Å². The van der Waals surface area contributed by atoms with Crippen LogP contribution in [0.1, 0.15) is 64.5 Å². The Hall–Kier alpha value is -5.45. The summed E-state index contributed by atoms with van der Waals surface area (Å²) < 4.78 is 144. The summed E-state index contributed by atoms with van der Waals surface area (Å²) in [6, 6.07) is 23.3. The summed E-state index contributed by atoms with van der Waals surface area (Å²) in [5.74, 6) is -5.61. The summed E-state index contributed by atoms with van der Waals surface area (Å²) in [7, 11) is -20.0. The maximum absolute atomic E-state index is 13.8. The number of benzene rings is 7. The van der Waals surface area contributed by atoms with Crippen LogP contribution in [0.4, 0.5) is 28.4 Å². The Morgan fingerprint density at radius 2 is 1.07 bits per heavy atom. The van der Waals surface area contributed by atoms with Gasteiger partial charge in [-0.2, -0.15) is 30.3 Å². The molecule has 0 spiro atoms. The Morgan fingerprint density at radius 1 is 0.575 bits per heavy atom. The third-order valence-electron chi connectivity index (χ3n) is 12.3. The summed E-state index contributed by atoms with van der Waals surface area (Å²) in [6.45, 7) is 9.22. The monoisotopic (exact) mass is 1220 g/mol. The Morgan fingerprint density at radius 3 is 1.60 bits per heavy atom. The first-order valence-corrected chi connectivity index (χ1v) is 28.6. The number of rotatable bonds is 16. The van der Waals surface area contributed by atoms with Crippen LogP contribution in [0.15, 0.2) is 126 Å². The van der Waals surface area contributed by atoms with Crippen molar-refractivity contribution >= 4 is 104 Å². The first-order valence-electron chi connectivity index (χ1n) is 22.9. The van der Waals surface area contributed by atoms with Gasteiger partial charge in [-0.1, -0.05) is 47.0 Å². The maximum atomic E-state index is 13.8. The second-order valence-corrected chi connectivity index (χ2v) is 23.8. The van der Waals surface area contributed by atoms with E-state index in [0.29, 0.717) is 46.1 Å². The number of carboxylic acids is 3. The molecule has 0 radical (unpaired) electrons. The Kier molecular flexibility index (Phi) is 28.7. The number of nitrogens with one attached hydrogen (secondary N) is 3. The Bertz CT molecular complexity index is 4480. The van der Waals surface area contributed by atoms with Gasteiger partial charge in [-0.25, -0.2) is 38.7 Å². The third kappa shape index (κ3) is 17.7. The van der Waals surface area contributed by atoms with Crippen molar-refractivity contribution in [2.24, 2.45) is 4.99 Å². The minimum absolute atomic E-state index is 0. The fourth-order valence-corrected chi connectivity index (χ4v) is 12.6. The van der Waals surface area contributed by atoms with Gasteiger partial charge in [0.25, 0.3) is 16.5 Å². The maximum Gasteiger partial charge on any atom is 1.00 e. The zero-order valence-corrected chi connectivity index (χ0v) is 51.8. The number of nitrogens with zero attached hydrogens (tertiary/aromatic N) is 1. The normalized spacial score (nSPS) is 11.3. The van der Waals surface area contributed by atoms with E-state index in [1.54, 1.807) is 26.8 Å². The second-order valence-electron chi connectivity index (χ2n) is 17.8. The molecule has 0 saturated carbocycles. The van der Waals surface area contributed by atoms with Crippen LogP contribution in [0.3, 0.4) is 0 Å². The van der Waals surface area contributed by atoms with E-state index < -0.39 is 99.8 Å². The van der Waals surface area contributed by atoms with Gasteiger partial charge in [0, 0.05) is 28.9 Å². The van der Waals surface area contributed by atoms with Crippen molar-refractivity contribution in [3.05, 3.63) is 165 Å². The molecular formula is C53H38Li6N4O20S4-2. The van der Waals surface area contributed by atoms with Crippen molar-refractivity contribution in [3.8, 4) is 22.5 Å². The molecule has 87 heavy (non-hydrogen) atoms. The van der Waals surface area contributed by atoms with Crippen LogP contribution in [0, 0.1) is 53.7 Å². The van der Waals surface area contributed by atoms with Crippen LogP contribution in [0.2, 0.25) is 0 Å². The van der Waals surface area contributed by atoms with E-state index in [4.69, 9.17) is 14.5 Å². The fourth-order valence-electron chi connectivity index (χ4n) is 8.78. The predicted octanol–water partition coefficient (Wildman–Crippen LogP) is -15.4. The summed E-state index contributed by atoms with van der Waals surface area (Å²) >= 11 is 0. The number of carbonyl (C=O) groups excluding carboxylic acids is 4. The van der Waals surface area contributed by atoms with Gasteiger partial charge in [0.2, 0.25) is 10.0 Å². The van der Waals surface area contributed by atoms with Crippen molar-refractivity contribution in [1.29, 1.82) is 0 Å². The molecule has 0 aromatic heterocycles. The quantitative estimate of drug-likeness (QED) is 0.0154. The molecule has 0 fully saturated rings. The van der Waals surface area contributed by atoms with Gasteiger partial charge in [0.15, 0.2) is 0 Å². The average Bonchev–Trinajstić information content (AvgIpc) is 1.22. The molecule has 8 rings (SSSR count). The van der Waals surface area contributed by atoms with E-state index in [-0.39, 0.29) is 187 Å². The van der Waals surface area contributed by atoms with E-state index in [1.165, 1.54) is 57.2 Å². The second kappa shape index (κ2) is 31.3. The SMILES string of the molecule is Cc1cc(C)c(NS(=O)(=O)c2cc(C(=O)[O-])cc(C(=O)[O-])c2)c(C)c1N=c1cc2oc3cc(Nc4c(C)cc(C)c(NS(=O)(=O)c5c[c-]cc(C(=O)[O-])c5)c4C)[c-]cc3c(-c3ccccc3S(=O)(=O)[O-])c-2cc1S(=O)(=O)[O-].O=CO[O-].[Li+].[Li+].[Li+].[Li+].[Li+].[Li+]. The van der Waals surface area contributed by atoms with Crippen molar-refractivity contribution < 1.29 is 205 Å². The molecule has 3 N–H and O–H groups in total. The fraction of sp³-hybridized carbons (Fsp3) is 0.113. The van der Waals surface area contributed by atoms with Crippen molar-refractivity contribution in [2.45, 2.75) is 61.1 Å². The van der Waals surface area contributed by atoms with E-state index in [1.807, 2.05) is 0 Å². The molecule has 1 aliphatic carbocycles. The van der Waals surface area contributed by atoms with Gasteiger partial charge in [-0.05, 0) is 127 Å². The Labute approximate surface area is 571 Å². The first-order chi connectivity index (χ1) is 37.8. The molecule has 1 aliphatic heterocycles. The first kappa shape index (κ1) is 79.6. The average molecular weight is 1220 g/mol. The van der Waals surface area contributed by atoms with Gasteiger partial charge >= 0.3 is 113 Å². The van der Waals surface area contributed by atoms with E-state index in [0.717, 1.165) is 36.4 Å². The number of carbonyl (C=O) groups is 4. The number of hydrogen-bond acceptors (Lipinski definition) is 22. The van der Waals surface area contributed by atoms with Gasteiger partial charge in [0.05, 0.1) is 49.0 Å². The molecule has 0 amide bonds. The largest absolute Gasteiger partial charge is 1.00 e. The van der Waals surface area contributed by atoms with Crippen LogP contribution < -0.4 is 154 Å². The van der Waals surface area contributed by atoms with Crippen LogP contribution in [0.5, 0.6) is 0 Å². The molecule has 0 atom stereocenters. The third-order valence-corrected chi connectivity index (χ3v) is 16.7. The number of fused-ring (bicyclic) bond motifs is 2. The van der Waals surface area contributed by atoms with Crippen LogP contribution in [0.25, 0.3) is 33.4 Å². The molecule has 34 heteroatoms. The molecule has 1 heterocycles. The molecule has 6 aromatic rings. The van der Waals surface area contributed by atoms with Crippen LogP contribution >= 0.6 is 0 Å². The van der Waals surface area contributed by atoms with Crippen LogP contribution in [-0.4, -0.2) is 67.2 Å². The van der Waals surface area contributed by atoms with Gasteiger partial charge in [-0.15, -0.1) is 17.7 Å². The topological polar surface area (TPSA) is 414 Å². The van der Waals surface area contributed by atoms with Gasteiger partial charge < -0.3 is 58.7 Å². The molecule has 422 valence electrons. The predicted molar refractivity (Wildman–Crippen MR) is 276 cm³/mol. The van der Waals surface area contributed by atoms with E-state index >= 15 is 0 Å². The Balaban J connectivity index is 0.00000367. The molecule has 24 nitrogen and oxygen atoms in total. The zero-order valence-electron chi connectivity index (χ0n) is 48.6. The number of anilines is 4. The van der Waals surface area contributed by atoms with Crippen LogP contribution in [-0.2, 0) is 50.0 Å². The molecule has 0 saturated heterocycles. The smallest absolute Gasteiger partial charge is 0.744 e. The number of carboxylic acid groups (broad SMARTS) is 3. The molecule has 0 bridgehead atoms. The summed E-state index contributed by atoms with van der Waals surface area (Å²) in [4.78, 5) is 47.8. The molecule has 2 aliphatic rings. The number of sulfonamides is 2. The van der Waals surface area contributed by atoms with Crippen molar-refractivity contribution in [2.75, 3.05) is 14.8 Å². The molecular weight excluding hydrogens is 1180 g/mol. The summed E-state index contributed by atoms with van der Waals surface area (Å²) in [5, 5.41) is 46.0. The number of aromatic carboxylic acids is 3. The molecule has 0 unspecified atom stereocenters. The summed E-state index contributed by atoms with van der Waals surface area (Å²) in [6.07, 6.45) is 0. The minimum Gasteiger partial charge on any atom is -0.744 e. The summed E-state index contributed by atoms with van der Waals surface area (Å²) in [5.41, 5.74) is -0.0641. The van der Waals surface area contributed by atoms with Gasteiger partial charge in [-0.3, -0.25) is 14.2 Å². The zero-order chi connectivity index (χ0) is 59.8. The number of hydrogen-bond donors (Lipinski definition) is 3. The van der Waals surface area contributed by atoms with Crippen molar-refractivity contribution in [3.63, 3.8) is 0 Å². The number of aryl methyl sites for hydroxylation is 4. The van der Waals surface area contributed by atoms with Crippen molar-refractivity contribution in [1.82, 2.24) is 0 Å².